The molecule has 0 aliphatic heterocycles. The standard InChI is InChI=1S/C13H23O4P/c1-11(2)6-9-13(7-5-8-13)12(14)10-18(15,16-3)17-4/h6H,5,7-10H2,1-4H3. The van der Waals surface area contributed by atoms with Gasteiger partial charge < -0.3 is 9.05 Å². The molecular weight excluding hydrogens is 251 g/mol. The molecule has 1 saturated carbocycles. The second-order valence-electron chi connectivity index (χ2n) is 5.18. The van der Waals surface area contributed by atoms with Gasteiger partial charge in [-0.3, -0.25) is 9.36 Å². The minimum Gasteiger partial charge on any atom is -0.312 e. The van der Waals surface area contributed by atoms with Gasteiger partial charge in [-0.05, 0) is 33.1 Å². The van der Waals surface area contributed by atoms with E-state index in [-0.39, 0.29) is 17.4 Å². The fraction of sp³-hybridized carbons (Fsp3) is 0.769. The monoisotopic (exact) mass is 274 g/mol. The van der Waals surface area contributed by atoms with E-state index < -0.39 is 7.60 Å². The van der Waals surface area contributed by atoms with Gasteiger partial charge in [-0.15, -0.1) is 0 Å². The summed E-state index contributed by atoms with van der Waals surface area (Å²) in [6, 6.07) is 0. The number of rotatable bonds is 7. The van der Waals surface area contributed by atoms with Crippen LogP contribution in [0.5, 0.6) is 0 Å². The molecule has 1 fully saturated rings. The van der Waals surface area contributed by atoms with Crippen LogP contribution < -0.4 is 0 Å². The van der Waals surface area contributed by atoms with E-state index in [1.54, 1.807) is 0 Å². The Bertz CT molecular complexity index is 370. The Kier molecular flexibility index (Phi) is 5.32. The first-order chi connectivity index (χ1) is 8.37. The summed E-state index contributed by atoms with van der Waals surface area (Å²) < 4.78 is 21.7. The van der Waals surface area contributed by atoms with E-state index in [0.29, 0.717) is 0 Å². The first-order valence-corrected chi connectivity index (χ1v) is 7.97. The number of ketones is 1. The predicted molar refractivity (Wildman–Crippen MR) is 71.8 cm³/mol. The average Bonchev–Trinajstić information content (AvgIpc) is 2.27. The molecule has 1 aliphatic carbocycles. The van der Waals surface area contributed by atoms with Crippen molar-refractivity contribution in [2.45, 2.75) is 39.5 Å². The topological polar surface area (TPSA) is 52.6 Å². The lowest BCUT2D eigenvalue weighted by atomic mass is 9.64. The maximum Gasteiger partial charge on any atom is 0.337 e. The fourth-order valence-corrected chi connectivity index (χ4v) is 3.24. The summed E-state index contributed by atoms with van der Waals surface area (Å²) in [5, 5.41) is 0. The van der Waals surface area contributed by atoms with Crippen LogP contribution in [0.1, 0.15) is 39.5 Å². The molecule has 0 bridgehead atoms. The summed E-state index contributed by atoms with van der Waals surface area (Å²) in [5.41, 5.74) is 0.875. The summed E-state index contributed by atoms with van der Waals surface area (Å²) in [7, 11) is -0.590. The van der Waals surface area contributed by atoms with Crippen molar-refractivity contribution in [1.29, 1.82) is 0 Å². The molecule has 0 saturated heterocycles. The van der Waals surface area contributed by atoms with Gasteiger partial charge >= 0.3 is 7.60 Å². The largest absolute Gasteiger partial charge is 0.337 e. The molecule has 0 radical (unpaired) electrons. The van der Waals surface area contributed by atoms with Crippen molar-refractivity contribution in [1.82, 2.24) is 0 Å². The molecule has 0 aromatic carbocycles. The fourth-order valence-electron chi connectivity index (χ4n) is 2.15. The van der Waals surface area contributed by atoms with Crippen LogP contribution in [-0.2, 0) is 18.4 Å². The normalized spacial score (nSPS) is 18.0. The summed E-state index contributed by atoms with van der Waals surface area (Å²) in [6.45, 7) is 4.04. The smallest absolute Gasteiger partial charge is 0.312 e. The van der Waals surface area contributed by atoms with Crippen LogP contribution in [0.25, 0.3) is 0 Å². The first kappa shape index (κ1) is 15.6. The Hall–Kier alpha value is -0.440. The molecule has 0 atom stereocenters. The number of carbonyl (C=O) groups excluding carboxylic acids is 1. The maximum atomic E-state index is 12.3. The predicted octanol–water partition coefficient (Wildman–Crippen LogP) is 3.57. The molecule has 0 aromatic heterocycles. The molecule has 0 unspecified atom stereocenters. The molecule has 0 aromatic rings. The molecule has 5 heteroatoms. The lowest BCUT2D eigenvalue weighted by Gasteiger charge is -2.40. The molecule has 0 amide bonds. The molecule has 4 nitrogen and oxygen atoms in total. The third-order valence-electron chi connectivity index (χ3n) is 3.70. The molecule has 0 N–H and O–H groups in total. The Morgan fingerprint density at radius 3 is 2.17 bits per heavy atom. The number of allylic oxidation sites excluding steroid dienone is 2. The van der Waals surface area contributed by atoms with Gasteiger partial charge in [0.05, 0.1) is 0 Å². The highest BCUT2D eigenvalue weighted by Crippen LogP contribution is 2.52. The van der Waals surface area contributed by atoms with Gasteiger partial charge in [0.25, 0.3) is 0 Å². The van der Waals surface area contributed by atoms with Gasteiger partial charge in [-0.1, -0.05) is 18.1 Å². The van der Waals surface area contributed by atoms with Gasteiger partial charge in [-0.2, -0.15) is 0 Å². The molecular formula is C13H23O4P. The zero-order chi connectivity index (χ0) is 13.8. The van der Waals surface area contributed by atoms with E-state index in [2.05, 4.69) is 6.08 Å². The molecule has 1 rings (SSSR count). The van der Waals surface area contributed by atoms with Gasteiger partial charge in [0.1, 0.15) is 6.16 Å². The SMILES string of the molecule is COP(=O)(CC(=O)C1(CC=C(C)C)CCC1)OC. The summed E-state index contributed by atoms with van der Waals surface area (Å²) >= 11 is 0. The number of hydrogen-bond acceptors (Lipinski definition) is 4. The van der Waals surface area contributed by atoms with Crippen molar-refractivity contribution in [2.75, 3.05) is 20.4 Å². The molecule has 18 heavy (non-hydrogen) atoms. The van der Waals surface area contributed by atoms with Crippen LogP contribution in [0, 0.1) is 5.41 Å². The second-order valence-corrected chi connectivity index (χ2v) is 7.45. The average molecular weight is 274 g/mol. The van der Waals surface area contributed by atoms with Gasteiger partial charge in [0.2, 0.25) is 0 Å². The summed E-state index contributed by atoms with van der Waals surface area (Å²) in [4.78, 5) is 12.3. The Balaban J connectivity index is 2.74. The highest BCUT2D eigenvalue weighted by Gasteiger charge is 2.45. The van der Waals surface area contributed by atoms with E-state index in [0.717, 1.165) is 25.7 Å². The molecule has 0 spiro atoms. The van der Waals surface area contributed by atoms with E-state index in [1.807, 2.05) is 13.8 Å². The second kappa shape index (κ2) is 6.14. The van der Waals surface area contributed by atoms with E-state index in [9.17, 15) is 9.36 Å². The van der Waals surface area contributed by atoms with Crippen molar-refractivity contribution in [3.63, 3.8) is 0 Å². The number of carbonyl (C=O) groups is 1. The van der Waals surface area contributed by atoms with Crippen LogP contribution >= 0.6 is 7.60 Å². The van der Waals surface area contributed by atoms with Crippen molar-refractivity contribution in [3.05, 3.63) is 11.6 Å². The van der Waals surface area contributed by atoms with Gasteiger partial charge in [0.15, 0.2) is 5.78 Å². The third-order valence-corrected chi connectivity index (χ3v) is 5.48. The number of hydrogen-bond donors (Lipinski definition) is 0. The zero-order valence-electron chi connectivity index (χ0n) is 11.7. The minimum atomic E-state index is -3.23. The molecule has 0 heterocycles. The van der Waals surface area contributed by atoms with Crippen molar-refractivity contribution in [3.8, 4) is 0 Å². The van der Waals surface area contributed by atoms with E-state index in [1.165, 1.54) is 19.8 Å². The van der Waals surface area contributed by atoms with Crippen LogP contribution in [0.3, 0.4) is 0 Å². The van der Waals surface area contributed by atoms with Crippen LogP contribution in [-0.4, -0.2) is 26.2 Å². The van der Waals surface area contributed by atoms with Crippen LogP contribution in [0.4, 0.5) is 0 Å². The lowest BCUT2D eigenvalue weighted by molar-refractivity contribution is -0.130. The summed E-state index contributed by atoms with van der Waals surface area (Å²) in [6.07, 6.45) is 5.53. The first-order valence-electron chi connectivity index (χ1n) is 6.25. The van der Waals surface area contributed by atoms with Crippen LogP contribution in [0.15, 0.2) is 11.6 Å². The molecule has 1 aliphatic rings. The van der Waals surface area contributed by atoms with Crippen molar-refractivity contribution < 1.29 is 18.4 Å². The third kappa shape index (κ3) is 3.53. The van der Waals surface area contributed by atoms with Crippen molar-refractivity contribution >= 4 is 13.4 Å². The van der Waals surface area contributed by atoms with Gasteiger partial charge in [-0.25, -0.2) is 0 Å². The minimum absolute atomic E-state index is 0.0123. The lowest BCUT2D eigenvalue weighted by Crippen LogP contribution is -2.39. The highest BCUT2D eigenvalue weighted by molar-refractivity contribution is 7.54. The number of Topliss-reactive ketones (excluding diaryl/α,β-unsaturated/α-hetero) is 1. The highest BCUT2D eigenvalue weighted by atomic mass is 31.2. The summed E-state index contributed by atoms with van der Waals surface area (Å²) in [5.74, 6) is 0.0123. The molecule has 104 valence electrons. The van der Waals surface area contributed by atoms with Crippen LogP contribution in [0.2, 0.25) is 0 Å². The Labute approximate surface area is 109 Å². The van der Waals surface area contributed by atoms with E-state index in [4.69, 9.17) is 9.05 Å². The quantitative estimate of drug-likeness (QED) is 0.526. The zero-order valence-corrected chi connectivity index (χ0v) is 12.6. The Morgan fingerprint density at radius 2 is 1.83 bits per heavy atom. The van der Waals surface area contributed by atoms with Crippen molar-refractivity contribution in [2.24, 2.45) is 5.41 Å². The van der Waals surface area contributed by atoms with Gasteiger partial charge in [0, 0.05) is 19.6 Å². The van der Waals surface area contributed by atoms with E-state index >= 15 is 0 Å². The maximum absolute atomic E-state index is 12.3. The Morgan fingerprint density at radius 1 is 1.28 bits per heavy atom.